The minimum atomic E-state index is -0.989. The predicted octanol–water partition coefficient (Wildman–Crippen LogP) is 3.47. The Hall–Kier alpha value is -1.83. The SMILES string of the molecule is Cc1nc(OC(N)=O)sc1C(=O)Nc1ccc(Cl)cc1Cl. The molecule has 0 bridgehead atoms. The van der Waals surface area contributed by atoms with Crippen molar-refractivity contribution in [3.05, 3.63) is 38.8 Å². The number of nitrogens with two attached hydrogens (primary N) is 1. The van der Waals surface area contributed by atoms with Gasteiger partial charge in [0.25, 0.3) is 11.1 Å². The summed E-state index contributed by atoms with van der Waals surface area (Å²) in [6.45, 7) is 1.61. The van der Waals surface area contributed by atoms with Gasteiger partial charge in [0.15, 0.2) is 0 Å². The molecule has 110 valence electrons. The Labute approximate surface area is 133 Å². The summed E-state index contributed by atoms with van der Waals surface area (Å²) in [5.41, 5.74) is 5.72. The average Bonchev–Trinajstić information content (AvgIpc) is 2.72. The Kier molecular flexibility index (Phi) is 4.66. The molecule has 2 aromatic rings. The van der Waals surface area contributed by atoms with Gasteiger partial charge in [0, 0.05) is 5.02 Å². The molecule has 1 heterocycles. The molecule has 0 saturated carbocycles. The molecule has 2 amide bonds. The van der Waals surface area contributed by atoms with E-state index in [-0.39, 0.29) is 10.1 Å². The summed E-state index contributed by atoms with van der Waals surface area (Å²) >= 11 is 12.7. The van der Waals surface area contributed by atoms with E-state index in [1.165, 1.54) is 6.07 Å². The van der Waals surface area contributed by atoms with Crippen LogP contribution in [0.5, 0.6) is 5.19 Å². The molecule has 1 aromatic carbocycles. The number of nitrogens with one attached hydrogen (secondary N) is 1. The Morgan fingerprint density at radius 2 is 2.10 bits per heavy atom. The fourth-order valence-electron chi connectivity index (χ4n) is 1.48. The third-order valence-electron chi connectivity index (χ3n) is 2.35. The number of rotatable bonds is 3. The number of amides is 2. The topological polar surface area (TPSA) is 94.3 Å². The van der Waals surface area contributed by atoms with Crippen LogP contribution in [0.3, 0.4) is 0 Å². The number of aryl methyl sites for hydroxylation is 1. The van der Waals surface area contributed by atoms with Crippen molar-refractivity contribution < 1.29 is 14.3 Å². The van der Waals surface area contributed by atoms with Crippen molar-refractivity contribution in [3.63, 3.8) is 0 Å². The molecule has 6 nitrogen and oxygen atoms in total. The second-order valence-electron chi connectivity index (χ2n) is 3.89. The number of aromatic nitrogens is 1. The lowest BCUT2D eigenvalue weighted by Crippen LogP contribution is -2.15. The molecule has 0 radical (unpaired) electrons. The molecule has 2 rings (SSSR count). The summed E-state index contributed by atoms with van der Waals surface area (Å²) in [4.78, 5) is 27.0. The van der Waals surface area contributed by atoms with E-state index in [4.69, 9.17) is 28.9 Å². The van der Waals surface area contributed by atoms with Crippen LogP contribution in [0.15, 0.2) is 18.2 Å². The van der Waals surface area contributed by atoms with Gasteiger partial charge in [0.05, 0.1) is 16.4 Å². The van der Waals surface area contributed by atoms with Crippen LogP contribution >= 0.6 is 34.5 Å². The quantitative estimate of drug-likeness (QED) is 0.890. The number of anilines is 1. The van der Waals surface area contributed by atoms with Crippen molar-refractivity contribution in [2.24, 2.45) is 5.73 Å². The monoisotopic (exact) mass is 345 g/mol. The number of ether oxygens (including phenoxy) is 1. The first-order chi connectivity index (χ1) is 9.86. The van der Waals surface area contributed by atoms with E-state index in [1.807, 2.05) is 0 Å². The summed E-state index contributed by atoms with van der Waals surface area (Å²) in [6, 6.07) is 4.70. The number of hydrogen-bond acceptors (Lipinski definition) is 5. The van der Waals surface area contributed by atoms with E-state index in [0.717, 1.165) is 11.3 Å². The van der Waals surface area contributed by atoms with Crippen LogP contribution < -0.4 is 15.8 Å². The van der Waals surface area contributed by atoms with Crippen LogP contribution in [0.1, 0.15) is 15.4 Å². The number of thiazole rings is 1. The van der Waals surface area contributed by atoms with Crippen LogP contribution in [-0.2, 0) is 0 Å². The van der Waals surface area contributed by atoms with Crippen molar-refractivity contribution in [1.82, 2.24) is 4.98 Å². The highest BCUT2D eigenvalue weighted by Crippen LogP contribution is 2.29. The average molecular weight is 346 g/mol. The summed E-state index contributed by atoms with van der Waals surface area (Å²) in [6.07, 6.45) is -0.989. The number of hydrogen-bond donors (Lipinski definition) is 2. The molecular weight excluding hydrogens is 337 g/mol. The van der Waals surface area contributed by atoms with E-state index < -0.39 is 12.0 Å². The van der Waals surface area contributed by atoms with Gasteiger partial charge in [-0.05, 0) is 25.1 Å². The Bertz CT molecular complexity index is 718. The van der Waals surface area contributed by atoms with E-state index in [2.05, 4.69) is 15.0 Å². The minimum absolute atomic E-state index is 0.00681. The number of carbonyl (C=O) groups is 2. The molecule has 21 heavy (non-hydrogen) atoms. The van der Waals surface area contributed by atoms with Crippen LogP contribution in [0.2, 0.25) is 10.0 Å². The van der Waals surface area contributed by atoms with E-state index in [0.29, 0.717) is 21.4 Å². The first-order valence-corrected chi connectivity index (χ1v) is 7.15. The summed E-state index contributed by atoms with van der Waals surface area (Å²) in [5.74, 6) is -0.423. The van der Waals surface area contributed by atoms with Gasteiger partial charge in [-0.15, -0.1) is 0 Å². The second-order valence-corrected chi connectivity index (χ2v) is 5.70. The maximum absolute atomic E-state index is 12.2. The van der Waals surface area contributed by atoms with Crippen molar-refractivity contribution in [2.45, 2.75) is 6.92 Å². The van der Waals surface area contributed by atoms with Crippen molar-refractivity contribution in [3.8, 4) is 5.19 Å². The maximum Gasteiger partial charge on any atom is 0.411 e. The van der Waals surface area contributed by atoms with Gasteiger partial charge in [-0.3, -0.25) is 4.79 Å². The molecule has 0 aliphatic carbocycles. The normalized spacial score (nSPS) is 10.2. The largest absolute Gasteiger partial charge is 0.411 e. The number of primary amides is 1. The van der Waals surface area contributed by atoms with Crippen molar-refractivity contribution in [1.29, 1.82) is 0 Å². The summed E-state index contributed by atoms with van der Waals surface area (Å²) in [5, 5.41) is 3.41. The summed E-state index contributed by atoms with van der Waals surface area (Å²) < 4.78 is 4.64. The molecule has 9 heteroatoms. The molecule has 0 saturated heterocycles. The zero-order valence-electron chi connectivity index (χ0n) is 10.6. The maximum atomic E-state index is 12.2. The highest BCUT2D eigenvalue weighted by atomic mass is 35.5. The van der Waals surface area contributed by atoms with Crippen LogP contribution in [0.4, 0.5) is 10.5 Å². The third kappa shape index (κ3) is 3.84. The molecule has 1 aromatic heterocycles. The predicted molar refractivity (Wildman–Crippen MR) is 81.5 cm³/mol. The number of nitrogens with zero attached hydrogens (tertiary/aromatic N) is 1. The first kappa shape index (κ1) is 15.6. The van der Waals surface area contributed by atoms with Crippen molar-refractivity contribution in [2.75, 3.05) is 5.32 Å². The highest BCUT2D eigenvalue weighted by Gasteiger charge is 2.18. The third-order valence-corrected chi connectivity index (χ3v) is 3.93. The fourth-order valence-corrected chi connectivity index (χ4v) is 2.76. The Balaban J connectivity index is 2.20. The van der Waals surface area contributed by atoms with E-state index >= 15 is 0 Å². The molecule has 3 N–H and O–H groups in total. The zero-order valence-corrected chi connectivity index (χ0v) is 13.0. The van der Waals surface area contributed by atoms with E-state index in [1.54, 1.807) is 19.1 Å². The van der Waals surface area contributed by atoms with Gasteiger partial charge in [-0.25, -0.2) is 9.78 Å². The second kappa shape index (κ2) is 6.30. The number of carbonyl (C=O) groups excluding carboxylic acids is 2. The van der Waals surface area contributed by atoms with Crippen LogP contribution in [0.25, 0.3) is 0 Å². The van der Waals surface area contributed by atoms with Crippen molar-refractivity contribution >= 4 is 52.2 Å². The van der Waals surface area contributed by atoms with Gasteiger partial charge >= 0.3 is 6.09 Å². The minimum Gasteiger partial charge on any atom is -0.381 e. The molecule has 0 aliphatic rings. The van der Waals surface area contributed by atoms with Gasteiger partial charge in [0.1, 0.15) is 4.88 Å². The van der Waals surface area contributed by atoms with Gasteiger partial charge < -0.3 is 15.8 Å². The van der Waals surface area contributed by atoms with Crippen LogP contribution in [0, 0.1) is 6.92 Å². The Morgan fingerprint density at radius 1 is 1.38 bits per heavy atom. The van der Waals surface area contributed by atoms with Crippen LogP contribution in [-0.4, -0.2) is 17.0 Å². The number of benzene rings is 1. The van der Waals surface area contributed by atoms with Gasteiger partial charge in [-0.2, -0.15) is 0 Å². The summed E-state index contributed by atoms with van der Waals surface area (Å²) in [7, 11) is 0. The lowest BCUT2D eigenvalue weighted by molar-refractivity contribution is 0.102. The molecule has 0 aliphatic heterocycles. The molecule has 0 fully saturated rings. The molecule has 0 unspecified atom stereocenters. The standard InChI is InChI=1S/C12H9Cl2N3O3S/c1-5-9(21-12(16-5)20-11(15)19)10(18)17-8-3-2-6(13)4-7(8)14/h2-4H,1H3,(H2,15,19)(H,17,18). The van der Waals surface area contributed by atoms with Gasteiger partial charge in [0.2, 0.25) is 0 Å². The lowest BCUT2D eigenvalue weighted by atomic mass is 10.3. The first-order valence-electron chi connectivity index (χ1n) is 5.58. The zero-order chi connectivity index (χ0) is 15.6. The smallest absolute Gasteiger partial charge is 0.381 e. The lowest BCUT2D eigenvalue weighted by Gasteiger charge is -2.06. The fraction of sp³-hybridized carbons (Fsp3) is 0.0833. The molecule has 0 atom stereocenters. The molecular formula is C12H9Cl2N3O3S. The molecule has 0 spiro atoms. The Morgan fingerprint density at radius 3 is 2.71 bits per heavy atom. The highest BCUT2D eigenvalue weighted by molar-refractivity contribution is 7.15. The van der Waals surface area contributed by atoms with Gasteiger partial charge in [-0.1, -0.05) is 34.5 Å². The van der Waals surface area contributed by atoms with E-state index in [9.17, 15) is 9.59 Å². The number of halogens is 2.